The molecule has 0 saturated carbocycles. The van der Waals surface area contributed by atoms with E-state index >= 15 is 0 Å². The van der Waals surface area contributed by atoms with E-state index in [4.69, 9.17) is 0 Å². The first-order chi connectivity index (χ1) is 7.23. The van der Waals surface area contributed by atoms with E-state index in [0.717, 1.165) is 11.9 Å². The van der Waals surface area contributed by atoms with Gasteiger partial charge in [0.2, 0.25) is 0 Å². The summed E-state index contributed by atoms with van der Waals surface area (Å²) in [4.78, 5) is 3.95. The van der Waals surface area contributed by atoms with Crippen molar-refractivity contribution in [1.82, 2.24) is 4.98 Å². The van der Waals surface area contributed by atoms with Gasteiger partial charge in [-0.15, -0.1) is 0 Å². The van der Waals surface area contributed by atoms with Gasteiger partial charge < -0.3 is 0 Å². The highest BCUT2D eigenvalue weighted by Gasteiger charge is 2.31. The molecular weight excluding hydrogens is 215 g/mol. The predicted octanol–water partition coefficient (Wildman–Crippen LogP) is 4.17. The molecule has 1 nitrogen and oxygen atoms in total. The number of aryl methyl sites for hydroxylation is 1. The summed E-state index contributed by atoms with van der Waals surface area (Å²) in [5.41, 5.74) is 0.684. The normalized spacial score (nSPS) is 14.2. The van der Waals surface area contributed by atoms with Crippen molar-refractivity contribution in [1.29, 1.82) is 0 Å². The Balaban J connectivity index is 3.10. The summed E-state index contributed by atoms with van der Waals surface area (Å²) < 4.78 is 37.3. The molecule has 0 amide bonds. The van der Waals surface area contributed by atoms with Crippen LogP contribution in [0.25, 0.3) is 0 Å². The lowest BCUT2D eigenvalue weighted by Gasteiger charge is -2.18. The Morgan fingerprint density at radius 1 is 1.19 bits per heavy atom. The number of rotatable bonds is 2. The molecule has 0 aliphatic rings. The molecule has 0 aliphatic carbocycles. The van der Waals surface area contributed by atoms with Gasteiger partial charge in [-0.1, -0.05) is 20.8 Å². The van der Waals surface area contributed by atoms with Gasteiger partial charge in [-0.05, 0) is 24.5 Å². The first-order valence-electron chi connectivity index (χ1n) is 5.27. The van der Waals surface area contributed by atoms with Gasteiger partial charge >= 0.3 is 6.18 Å². The van der Waals surface area contributed by atoms with E-state index in [-0.39, 0.29) is 5.92 Å². The molecule has 1 atom stereocenters. The molecule has 1 aromatic heterocycles. The number of halogens is 3. The summed E-state index contributed by atoms with van der Waals surface area (Å²) in [7, 11) is 0. The van der Waals surface area contributed by atoms with Gasteiger partial charge in [0.05, 0.1) is 5.56 Å². The average molecular weight is 231 g/mol. The minimum absolute atomic E-state index is 0.169. The van der Waals surface area contributed by atoms with Crippen molar-refractivity contribution in [3.63, 3.8) is 0 Å². The van der Waals surface area contributed by atoms with Crippen molar-refractivity contribution in [3.8, 4) is 0 Å². The van der Waals surface area contributed by atoms with Gasteiger partial charge in [0, 0.05) is 17.8 Å². The molecule has 0 saturated heterocycles. The average Bonchev–Trinajstić information content (AvgIpc) is 2.15. The van der Waals surface area contributed by atoms with Crippen LogP contribution in [-0.2, 0) is 6.18 Å². The molecule has 1 aromatic rings. The molecule has 16 heavy (non-hydrogen) atoms. The minimum Gasteiger partial charge on any atom is -0.260 e. The molecule has 0 fully saturated rings. The molecular formula is C12H16F3N. The molecule has 0 unspecified atom stereocenters. The van der Waals surface area contributed by atoms with Gasteiger partial charge in [0.1, 0.15) is 0 Å². The molecule has 0 bridgehead atoms. The molecule has 0 aromatic carbocycles. The largest absolute Gasteiger partial charge is 0.417 e. The lowest BCUT2D eigenvalue weighted by atomic mass is 9.91. The van der Waals surface area contributed by atoms with E-state index in [1.807, 2.05) is 20.8 Å². The Hall–Kier alpha value is -1.06. The van der Waals surface area contributed by atoms with Crippen molar-refractivity contribution in [2.75, 3.05) is 0 Å². The summed E-state index contributed by atoms with van der Waals surface area (Å²) in [5, 5.41) is 0. The standard InChI is InChI=1S/C12H16F3N/c1-7(2)9(4)11-8(3)5-10(6-16-11)12(13,14)15/h5-7,9H,1-4H3/t9-/m0/s1. The first kappa shape index (κ1) is 13.0. The predicted molar refractivity (Wildman–Crippen MR) is 57.2 cm³/mol. The van der Waals surface area contributed by atoms with Gasteiger partial charge in [-0.25, -0.2) is 0 Å². The van der Waals surface area contributed by atoms with E-state index in [0.29, 0.717) is 11.5 Å². The first-order valence-corrected chi connectivity index (χ1v) is 5.27. The lowest BCUT2D eigenvalue weighted by Crippen LogP contribution is -2.11. The summed E-state index contributed by atoms with van der Waals surface area (Å²) in [6.07, 6.45) is -3.39. The van der Waals surface area contributed by atoms with E-state index < -0.39 is 11.7 Å². The number of pyridine rings is 1. The molecule has 4 heteroatoms. The van der Waals surface area contributed by atoms with Crippen LogP contribution in [0, 0.1) is 12.8 Å². The third-order valence-electron chi connectivity index (χ3n) is 2.88. The Bertz CT molecular complexity index is 369. The fourth-order valence-corrected chi connectivity index (χ4v) is 1.53. The maximum atomic E-state index is 12.4. The number of nitrogens with zero attached hydrogens (tertiary/aromatic N) is 1. The van der Waals surface area contributed by atoms with Crippen LogP contribution in [0.4, 0.5) is 13.2 Å². The zero-order valence-electron chi connectivity index (χ0n) is 9.89. The maximum Gasteiger partial charge on any atom is 0.417 e. The molecule has 0 aliphatic heterocycles. The number of hydrogen-bond donors (Lipinski definition) is 0. The van der Waals surface area contributed by atoms with Crippen molar-refractivity contribution < 1.29 is 13.2 Å². The van der Waals surface area contributed by atoms with Crippen molar-refractivity contribution in [2.45, 2.75) is 39.8 Å². The zero-order chi connectivity index (χ0) is 12.5. The fraction of sp³-hybridized carbons (Fsp3) is 0.583. The van der Waals surface area contributed by atoms with Crippen LogP contribution >= 0.6 is 0 Å². The Morgan fingerprint density at radius 3 is 2.12 bits per heavy atom. The molecule has 1 heterocycles. The third kappa shape index (κ3) is 2.74. The van der Waals surface area contributed by atoms with Crippen LogP contribution in [0.5, 0.6) is 0 Å². The molecule has 0 radical (unpaired) electrons. The number of alkyl halides is 3. The Kier molecular flexibility index (Phi) is 3.61. The Labute approximate surface area is 93.7 Å². The lowest BCUT2D eigenvalue weighted by molar-refractivity contribution is -0.137. The summed E-state index contributed by atoms with van der Waals surface area (Å²) in [6.45, 7) is 7.72. The molecule has 1 rings (SSSR count). The van der Waals surface area contributed by atoms with Gasteiger partial charge in [-0.2, -0.15) is 13.2 Å². The monoisotopic (exact) mass is 231 g/mol. The van der Waals surface area contributed by atoms with E-state index in [1.165, 1.54) is 6.07 Å². The summed E-state index contributed by atoms with van der Waals surface area (Å²) >= 11 is 0. The second-order valence-corrected chi connectivity index (χ2v) is 4.46. The van der Waals surface area contributed by atoms with Gasteiger partial charge in [0.25, 0.3) is 0 Å². The molecule has 0 spiro atoms. The summed E-state index contributed by atoms with van der Waals surface area (Å²) in [5.74, 6) is 0.533. The van der Waals surface area contributed by atoms with Crippen LogP contribution in [0.15, 0.2) is 12.3 Å². The SMILES string of the molecule is Cc1cc(C(F)(F)F)cnc1[C@@H](C)C(C)C. The highest BCUT2D eigenvalue weighted by atomic mass is 19.4. The van der Waals surface area contributed by atoms with Crippen LogP contribution in [0.1, 0.15) is 43.5 Å². The quantitative estimate of drug-likeness (QED) is 0.744. The van der Waals surface area contributed by atoms with Crippen molar-refractivity contribution in [3.05, 3.63) is 29.1 Å². The van der Waals surface area contributed by atoms with E-state index in [2.05, 4.69) is 4.98 Å². The molecule has 90 valence electrons. The minimum atomic E-state index is -4.31. The van der Waals surface area contributed by atoms with E-state index in [9.17, 15) is 13.2 Å². The fourth-order valence-electron chi connectivity index (χ4n) is 1.53. The number of aromatic nitrogens is 1. The van der Waals surface area contributed by atoms with Crippen LogP contribution in [-0.4, -0.2) is 4.98 Å². The zero-order valence-corrected chi connectivity index (χ0v) is 9.89. The maximum absolute atomic E-state index is 12.4. The summed E-state index contributed by atoms with van der Waals surface area (Å²) in [6, 6.07) is 1.17. The Morgan fingerprint density at radius 2 is 1.75 bits per heavy atom. The van der Waals surface area contributed by atoms with Crippen LogP contribution in [0.2, 0.25) is 0 Å². The van der Waals surface area contributed by atoms with Gasteiger partial charge in [-0.3, -0.25) is 4.98 Å². The topological polar surface area (TPSA) is 12.9 Å². The third-order valence-corrected chi connectivity index (χ3v) is 2.88. The van der Waals surface area contributed by atoms with Crippen LogP contribution < -0.4 is 0 Å². The van der Waals surface area contributed by atoms with Gasteiger partial charge in [0.15, 0.2) is 0 Å². The second-order valence-electron chi connectivity index (χ2n) is 4.46. The van der Waals surface area contributed by atoms with Crippen molar-refractivity contribution in [2.24, 2.45) is 5.92 Å². The van der Waals surface area contributed by atoms with E-state index in [1.54, 1.807) is 6.92 Å². The highest BCUT2D eigenvalue weighted by Crippen LogP contribution is 2.32. The number of hydrogen-bond acceptors (Lipinski definition) is 1. The molecule has 0 N–H and O–H groups in total. The smallest absolute Gasteiger partial charge is 0.260 e. The van der Waals surface area contributed by atoms with Crippen LogP contribution in [0.3, 0.4) is 0 Å². The highest BCUT2D eigenvalue weighted by molar-refractivity contribution is 5.28. The second kappa shape index (κ2) is 4.44. The van der Waals surface area contributed by atoms with Crippen molar-refractivity contribution >= 4 is 0 Å².